The van der Waals surface area contributed by atoms with Gasteiger partial charge in [-0.2, -0.15) is 0 Å². The van der Waals surface area contributed by atoms with Crippen molar-refractivity contribution in [2.45, 2.75) is 12.7 Å². The maximum Gasteiger partial charge on any atom is 0.341 e. The van der Waals surface area contributed by atoms with Gasteiger partial charge >= 0.3 is 5.97 Å². The average Bonchev–Trinajstić information content (AvgIpc) is 2.74. The number of hydrogen-bond acceptors (Lipinski definition) is 3. The summed E-state index contributed by atoms with van der Waals surface area (Å²) in [7, 11) is 1.55. The van der Waals surface area contributed by atoms with Crippen LogP contribution in [0.25, 0.3) is 0 Å². The third-order valence-corrected chi connectivity index (χ3v) is 3.46. The Morgan fingerprint density at radius 2 is 1.74 bits per heavy atom. The van der Waals surface area contributed by atoms with Crippen LogP contribution < -0.4 is 0 Å². The molecular weight excluding hydrogens is 240 g/mol. The number of benzene rings is 2. The predicted octanol–water partition coefficient (Wildman–Crippen LogP) is 3.01. The molecule has 0 saturated heterocycles. The molecule has 1 atom stereocenters. The van der Waals surface area contributed by atoms with Crippen LogP contribution in [-0.2, 0) is 15.3 Å². The highest BCUT2D eigenvalue weighted by Gasteiger charge is 2.47. The Hall–Kier alpha value is -2.13. The second kappa shape index (κ2) is 4.21. The highest BCUT2D eigenvalue weighted by Crippen LogP contribution is 2.42. The molecule has 3 nitrogen and oxygen atoms in total. The van der Waals surface area contributed by atoms with Crippen molar-refractivity contribution in [2.75, 3.05) is 7.11 Å². The molecule has 2 aromatic rings. The largest absolute Gasteiger partial charge is 0.420 e. The number of carbonyl (C=O) groups excluding carboxylic acids is 1. The van der Waals surface area contributed by atoms with Crippen LogP contribution in [0.2, 0.25) is 0 Å². The maximum atomic E-state index is 12.0. The van der Waals surface area contributed by atoms with E-state index >= 15 is 0 Å². The van der Waals surface area contributed by atoms with E-state index < -0.39 is 5.79 Å². The van der Waals surface area contributed by atoms with Crippen molar-refractivity contribution in [3.05, 3.63) is 70.8 Å². The minimum Gasteiger partial charge on any atom is -0.420 e. The lowest BCUT2D eigenvalue weighted by atomic mass is 9.95. The molecule has 0 radical (unpaired) electrons. The van der Waals surface area contributed by atoms with Gasteiger partial charge in [0.1, 0.15) is 0 Å². The van der Waals surface area contributed by atoms with Gasteiger partial charge in [0.15, 0.2) is 0 Å². The van der Waals surface area contributed by atoms with Crippen molar-refractivity contribution < 1.29 is 14.3 Å². The van der Waals surface area contributed by atoms with Gasteiger partial charge in [0, 0.05) is 18.2 Å². The van der Waals surface area contributed by atoms with Crippen molar-refractivity contribution in [2.24, 2.45) is 0 Å². The van der Waals surface area contributed by atoms with Gasteiger partial charge in [-0.05, 0) is 13.0 Å². The first-order valence-corrected chi connectivity index (χ1v) is 6.12. The van der Waals surface area contributed by atoms with Crippen LogP contribution in [0.15, 0.2) is 48.5 Å². The fraction of sp³-hybridized carbons (Fsp3) is 0.188. The van der Waals surface area contributed by atoms with Gasteiger partial charge in [0.25, 0.3) is 5.79 Å². The molecule has 0 spiro atoms. The van der Waals surface area contributed by atoms with Gasteiger partial charge in [0.05, 0.1) is 5.56 Å². The van der Waals surface area contributed by atoms with E-state index in [-0.39, 0.29) is 5.97 Å². The number of carbonyl (C=O) groups is 1. The van der Waals surface area contributed by atoms with Gasteiger partial charge in [0.2, 0.25) is 0 Å². The smallest absolute Gasteiger partial charge is 0.341 e. The molecule has 0 amide bonds. The zero-order valence-electron chi connectivity index (χ0n) is 10.8. The summed E-state index contributed by atoms with van der Waals surface area (Å²) in [5.74, 6) is -1.47. The van der Waals surface area contributed by atoms with Crippen LogP contribution in [0.5, 0.6) is 0 Å². The van der Waals surface area contributed by atoms with E-state index in [1.165, 1.54) is 0 Å². The molecule has 0 aliphatic carbocycles. The summed E-state index contributed by atoms with van der Waals surface area (Å²) < 4.78 is 11.1. The molecule has 0 bridgehead atoms. The molecule has 3 rings (SSSR count). The summed E-state index contributed by atoms with van der Waals surface area (Å²) in [6.45, 7) is 2.01. The molecule has 96 valence electrons. The SMILES string of the molecule is COC1(c2ccc(C)cc2)OC(=O)c2ccccc21. The third kappa shape index (κ3) is 1.66. The summed E-state index contributed by atoms with van der Waals surface area (Å²) in [5, 5.41) is 0. The summed E-state index contributed by atoms with van der Waals surface area (Å²) in [6.07, 6.45) is 0. The first-order chi connectivity index (χ1) is 9.17. The quantitative estimate of drug-likeness (QED) is 0.773. The first-order valence-electron chi connectivity index (χ1n) is 6.12. The van der Waals surface area contributed by atoms with Crippen molar-refractivity contribution >= 4 is 5.97 Å². The van der Waals surface area contributed by atoms with Crippen molar-refractivity contribution in [3.63, 3.8) is 0 Å². The van der Waals surface area contributed by atoms with E-state index in [1.54, 1.807) is 13.2 Å². The van der Waals surface area contributed by atoms with Gasteiger partial charge < -0.3 is 9.47 Å². The Morgan fingerprint density at radius 1 is 1.05 bits per heavy atom. The molecule has 0 saturated carbocycles. The number of ether oxygens (including phenoxy) is 2. The lowest BCUT2D eigenvalue weighted by Gasteiger charge is -2.27. The molecule has 0 N–H and O–H groups in total. The third-order valence-electron chi connectivity index (χ3n) is 3.46. The average molecular weight is 254 g/mol. The molecule has 1 aliphatic rings. The molecule has 19 heavy (non-hydrogen) atoms. The fourth-order valence-electron chi connectivity index (χ4n) is 2.45. The number of methoxy groups -OCH3 is 1. The molecule has 1 aliphatic heterocycles. The van der Waals surface area contributed by atoms with Crippen LogP contribution in [0.4, 0.5) is 0 Å². The van der Waals surface area contributed by atoms with Crippen molar-refractivity contribution in [1.29, 1.82) is 0 Å². The molecule has 1 unspecified atom stereocenters. The zero-order chi connectivity index (χ0) is 13.5. The number of fused-ring (bicyclic) bond motifs is 1. The normalized spacial score (nSPS) is 21.1. The topological polar surface area (TPSA) is 35.5 Å². The standard InChI is InChI=1S/C16H14O3/c1-11-7-9-12(10-8-11)16(18-2)14-6-4-3-5-13(14)15(17)19-16/h3-10H,1-2H3. The molecular formula is C16H14O3. The predicted molar refractivity (Wildman–Crippen MR) is 70.8 cm³/mol. The van der Waals surface area contributed by atoms with Crippen LogP contribution in [0, 0.1) is 6.92 Å². The van der Waals surface area contributed by atoms with Gasteiger partial charge in [-0.25, -0.2) is 4.79 Å². The Morgan fingerprint density at radius 3 is 2.42 bits per heavy atom. The number of cyclic esters (lactones) is 1. The zero-order valence-corrected chi connectivity index (χ0v) is 10.8. The highest BCUT2D eigenvalue weighted by molar-refractivity contribution is 5.95. The molecule has 0 aromatic heterocycles. The molecule has 3 heteroatoms. The van der Waals surface area contributed by atoms with E-state index in [9.17, 15) is 4.79 Å². The molecule has 0 fully saturated rings. The first kappa shape index (κ1) is 11.9. The van der Waals surface area contributed by atoms with Gasteiger partial charge in [-0.3, -0.25) is 0 Å². The lowest BCUT2D eigenvalue weighted by molar-refractivity contribution is -0.154. The summed E-state index contributed by atoms with van der Waals surface area (Å²) in [6, 6.07) is 15.1. The van der Waals surface area contributed by atoms with Gasteiger partial charge in [-0.15, -0.1) is 0 Å². The Kier molecular flexibility index (Phi) is 2.64. The van der Waals surface area contributed by atoms with E-state index in [0.29, 0.717) is 5.56 Å². The van der Waals surface area contributed by atoms with E-state index in [0.717, 1.165) is 16.7 Å². The van der Waals surface area contributed by atoms with Crippen molar-refractivity contribution in [1.82, 2.24) is 0 Å². The van der Waals surface area contributed by atoms with Crippen LogP contribution >= 0.6 is 0 Å². The van der Waals surface area contributed by atoms with Crippen LogP contribution in [-0.4, -0.2) is 13.1 Å². The summed E-state index contributed by atoms with van der Waals surface area (Å²) in [4.78, 5) is 12.0. The lowest BCUT2D eigenvalue weighted by Crippen LogP contribution is -2.30. The minimum absolute atomic E-state index is 0.349. The van der Waals surface area contributed by atoms with Crippen molar-refractivity contribution in [3.8, 4) is 0 Å². The number of rotatable bonds is 2. The second-order valence-corrected chi connectivity index (χ2v) is 4.62. The Balaban J connectivity index is 2.21. The van der Waals surface area contributed by atoms with E-state index in [2.05, 4.69) is 0 Å². The summed E-state index contributed by atoms with van der Waals surface area (Å²) >= 11 is 0. The van der Waals surface area contributed by atoms with Crippen LogP contribution in [0.3, 0.4) is 0 Å². The maximum absolute atomic E-state index is 12.0. The Labute approximate surface area is 111 Å². The monoisotopic (exact) mass is 254 g/mol. The number of esters is 1. The summed E-state index contributed by atoms with van der Waals surface area (Å²) in [5.41, 5.74) is 3.28. The highest BCUT2D eigenvalue weighted by atomic mass is 16.7. The van der Waals surface area contributed by atoms with Crippen LogP contribution in [0.1, 0.15) is 27.0 Å². The number of hydrogen-bond donors (Lipinski definition) is 0. The second-order valence-electron chi connectivity index (χ2n) is 4.62. The van der Waals surface area contributed by atoms with E-state index in [1.807, 2.05) is 49.4 Å². The Bertz CT molecular complexity index is 631. The van der Waals surface area contributed by atoms with Gasteiger partial charge in [-0.1, -0.05) is 48.0 Å². The van der Waals surface area contributed by atoms with E-state index in [4.69, 9.17) is 9.47 Å². The molecule has 1 heterocycles. The fourth-order valence-corrected chi connectivity index (χ4v) is 2.45. The number of aryl methyl sites for hydroxylation is 1. The minimum atomic E-state index is -1.12. The molecule has 2 aromatic carbocycles.